The molecule has 2 aliphatic heterocycles. The van der Waals surface area contributed by atoms with Gasteiger partial charge < -0.3 is 14.4 Å². The van der Waals surface area contributed by atoms with Crippen molar-refractivity contribution in [3.05, 3.63) is 90.6 Å². The first kappa shape index (κ1) is 22.8. The van der Waals surface area contributed by atoms with Crippen LogP contribution in [0.2, 0.25) is 0 Å². The number of carbonyl (C=O) groups excluding carboxylic acids is 2. The fourth-order valence-corrected chi connectivity index (χ4v) is 5.67. The number of benzene rings is 2. The van der Waals surface area contributed by atoms with Crippen molar-refractivity contribution in [2.45, 2.75) is 19.9 Å². The van der Waals surface area contributed by atoms with Gasteiger partial charge in [-0.2, -0.15) is 0 Å². The van der Waals surface area contributed by atoms with Gasteiger partial charge in [0.25, 0.3) is 11.5 Å². The van der Waals surface area contributed by atoms with Crippen LogP contribution in [-0.2, 0) is 14.3 Å². The van der Waals surface area contributed by atoms with Crippen LogP contribution in [0.5, 0.6) is 5.75 Å². The third-order valence-electron chi connectivity index (χ3n) is 6.20. The van der Waals surface area contributed by atoms with E-state index in [-0.39, 0.29) is 23.6 Å². The van der Waals surface area contributed by atoms with Crippen molar-refractivity contribution < 1.29 is 19.1 Å². The zero-order valence-electron chi connectivity index (χ0n) is 19.7. The average Bonchev–Trinajstić information content (AvgIpc) is 3.31. The molecule has 1 atom stereocenters. The Morgan fingerprint density at radius 3 is 2.51 bits per heavy atom. The van der Waals surface area contributed by atoms with Crippen LogP contribution >= 0.6 is 11.3 Å². The second kappa shape index (κ2) is 8.66. The molecule has 8 nitrogen and oxygen atoms in total. The number of likely N-dealkylation sites (N-methyl/N-ethyl adjacent to an activating group) is 1. The Kier molecular flexibility index (Phi) is 5.64. The third-order valence-corrected chi connectivity index (χ3v) is 7.26. The van der Waals surface area contributed by atoms with Crippen molar-refractivity contribution in [1.29, 1.82) is 0 Å². The summed E-state index contributed by atoms with van der Waals surface area (Å²) in [5.41, 5.74) is 2.88. The molecule has 9 heteroatoms. The molecule has 5 rings (SSSR count). The summed E-state index contributed by atoms with van der Waals surface area (Å²) in [6.07, 6.45) is 0. The van der Waals surface area contributed by atoms with Gasteiger partial charge in [0.2, 0.25) is 0 Å². The van der Waals surface area contributed by atoms with E-state index in [1.165, 1.54) is 4.57 Å². The standard InChI is InChI=1S/C26H23N3O5S/c1-5-34-25(32)19-14(2)27-26-29(21(19)15-10-12-16(33-4)13-11-15)24(31)22(35-26)20-17-8-6-7-9-18(17)28(3)23(20)30/h6-13,21H,5H2,1-4H3/t21-/m0/s1. The molecule has 0 saturated heterocycles. The molecule has 1 aromatic heterocycles. The van der Waals surface area contributed by atoms with Crippen LogP contribution < -0.4 is 24.5 Å². The number of thiazole rings is 1. The third kappa shape index (κ3) is 3.50. The van der Waals surface area contributed by atoms with Crippen molar-refractivity contribution in [1.82, 2.24) is 4.57 Å². The van der Waals surface area contributed by atoms with E-state index < -0.39 is 12.0 Å². The number of allylic oxidation sites excluding steroid dienone is 1. The van der Waals surface area contributed by atoms with E-state index in [0.717, 1.165) is 17.0 Å². The van der Waals surface area contributed by atoms with E-state index in [1.54, 1.807) is 45.0 Å². The maximum Gasteiger partial charge on any atom is 0.338 e. The highest BCUT2D eigenvalue weighted by molar-refractivity contribution is 7.07. The number of methoxy groups -OCH3 is 1. The molecular weight excluding hydrogens is 466 g/mol. The fourth-order valence-electron chi connectivity index (χ4n) is 4.53. The van der Waals surface area contributed by atoms with Gasteiger partial charge in [-0.15, -0.1) is 0 Å². The summed E-state index contributed by atoms with van der Waals surface area (Å²) < 4.78 is 12.4. The SMILES string of the molecule is CCOC(=O)C1=C(C)N=c2sc(=C3C(=O)N(C)c4ccccc43)c(=O)n2[C@H]1c1ccc(OC)cc1. The number of ether oxygens (including phenoxy) is 2. The molecule has 3 aromatic rings. The van der Waals surface area contributed by atoms with Crippen LogP contribution in [0, 0.1) is 0 Å². The van der Waals surface area contributed by atoms with E-state index in [9.17, 15) is 14.4 Å². The van der Waals surface area contributed by atoms with E-state index in [1.807, 2.05) is 36.4 Å². The Morgan fingerprint density at radius 1 is 1.11 bits per heavy atom. The predicted octanol–water partition coefficient (Wildman–Crippen LogP) is 2.15. The number of carbonyl (C=O) groups is 2. The Hall–Kier alpha value is -3.98. The molecule has 0 unspecified atom stereocenters. The number of fused-ring (bicyclic) bond motifs is 2. The predicted molar refractivity (Wildman–Crippen MR) is 132 cm³/mol. The van der Waals surface area contributed by atoms with E-state index in [4.69, 9.17) is 9.47 Å². The van der Waals surface area contributed by atoms with Gasteiger partial charge in [0, 0.05) is 12.6 Å². The minimum absolute atomic E-state index is 0.192. The number of para-hydroxylation sites is 1. The molecular formula is C26H23N3O5S. The van der Waals surface area contributed by atoms with Crippen molar-refractivity contribution in [3.63, 3.8) is 0 Å². The summed E-state index contributed by atoms with van der Waals surface area (Å²) in [4.78, 5) is 46.7. The number of anilines is 1. The highest BCUT2D eigenvalue weighted by Crippen LogP contribution is 2.34. The van der Waals surface area contributed by atoms with Crippen LogP contribution in [0.3, 0.4) is 0 Å². The maximum atomic E-state index is 13.9. The number of rotatable bonds is 4. The zero-order valence-corrected chi connectivity index (χ0v) is 20.5. The molecule has 2 aliphatic rings. The minimum Gasteiger partial charge on any atom is -0.497 e. The average molecular weight is 490 g/mol. The molecule has 178 valence electrons. The second-order valence-corrected chi connectivity index (χ2v) is 9.13. The Bertz CT molecular complexity index is 1580. The van der Waals surface area contributed by atoms with Gasteiger partial charge in [-0.05, 0) is 37.6 Å². The van der Waals surface area contributed by atoms with Crippen LogP contribution in [-0.4, -0.2) is 37.2 Å². The molecule has 0 spiro atoms. The first-order valence-electron chi connectivity index (χ1n) is 11.1. The normalized spacial score (nSPS) is 18.2. The number of hydrogen-bond acceptors (Lipinski definition) is 7. The van der Waals surface area contributed by atoms with E-state index >= 15 is 0 Å². The van der Waals surface area contributed by atoms with E-state index in [0.29, 0.717) is 37.5 Å². The molecule has 0 radical (unpaired) electrons. The number of amides is 1. The van der Waals surface area contributed by atoms with Gasteiger partial charge in [-0.25, -0.2) is 9.79 Å². The first-order chi connectivity index (χ1) is 16.9. The number of esters is 1. The van der Waals surface area contributed by atoms with Crippen LogP contribution in [0.25, 0.3) is 5.57 Å². The molecule has 3 heterocycles. The summed E-state index contributed by atoms with van der Waals surface area (Å²) in [6, 6.07) is 13.8. The molecule has 0 saturated carbocycles. The Balaban J connectivity index is 1.81. The lowest BCUT2D eigenvalue weighted by atomic mass is 9.96. The van der Waals surface area contributed by atoms with Gasteiger partial charge in [-0.1, -0.05) is 41.7 Å². The number of hydrogen-bond donors (Lipinski definition) is 0. The first-order valence-corrected chi connectivity index (χ1v) is 11.9. The Morgan fingerprint density at radius 2 is 1.83 bits per heavy atom. The van der Waals surface area contributed by atoms with Crippen LogP contribution in [0.1, 0.15) is 31.0 Å². The van der Waals surface area contributed by atoms with Gasteiger partial charge >= 0.3 is 5.97 Å². The molecule has 0 bridgehead atoms. The monoisotopic (exact) mass is 489 g/mol. The summed E-state index contributed by atoms with van der Waals surface area (Å²) in [5.74, 6) is -0.133. The van der Waals surface area contributed by atoms with Gasteiger partial charge in [0.05, 0.1) is 42.3 Å². The fraction of sp³-hybridized carbons (Fsp3) is 0.231. The lowest BCUT2D eigenvalue weighted by Crippen LogP contribution is -2.40. The number of aromatic nitrogens is 1. The van der Waals surface area contributed by atoms with Gasteiger partial charge in [0.1, 0.15) is 10.3 Å². The molecule has 0 fully saturated rings. The quantitative estimate of drug-likeness (QED) is 0.524. The van der Waals surface area contributed by atoms with Crippen molar-refractivity contribution in [3.8, 4) is 5.75 Å². The smallest absolute Gasteiger partial charge is 0.338 e. The van der Waals surface area contributed by atoms with Crippen molar-refractivity contribution >= 4 is 34.5 Å². The minimum atomic E-state index is -0.755. The number of nitrogens with zero attached hydrogens (tertiary/aromatic N) is 3. The largest absolute Gasteiger partial charge is 0.497 e. The molecule has 2 aromatic carbocycles. The van der Waals surface area contributed by atoms with Crippen LogP contribution in [0.15, 0.2) is 69.6 Å². The van der Waals surface area contributed by atoms with Gasteiger partial charge in [-0.3, -0.25) is 14.2 Å². The summed E-state index contributed by atoms with van der Waals surface area (Å²) >= 11 is 1.15. The molecule has 0 aliphatic carbocycles. The zero-order chi connectivity index (χ0) is 24.9. The lowest BCUT2D eigenvalue weighted by molar-refractivity contribution is -0.139. The topological polar surface area (TPSA) is 90.2 Å². The van der Waals surface area contributed by atoms with Crippen LogP contribution in [0.4, 0.5) is 5.69 Å². The van der Waals surface area contributed by atoms with Gasteiger partial charge in [0.15, 0.2) is 4.80 Å². The van der Waals surface area contributed by atoms with Crippen molar-refractivity contribution in [2.24, 2.45) is 4.99 Å². The lowest BCUT2D eigenvalue weighted by Gasteiger charge is -2.24. The highest BCUT2D eigenvalue weighted by atomic mass is 32.1. The summed E-state index contributed by atoms with van der Waals surface area (Å²) in [7, 11) is 3.26. The summed E-state index contributed by atoms with van der Waals surface area (Å²) in [5, 5.41) is 0. The molecule has 0 N–H and O–H groups in total. The van der Waals surface area contributed by atoms with Crippen molar-refractivity contribution in [2.75, 3.05) is 25.7 Å². The second-order valence-electron chi connectivity index (χ2n) is 8.15. The molecule has 35 heavy (non-hydrogen) atoms. The highest BCUT2D eigenvalue weighted by Gasteiger charge is 2.36. The van der Waals surface area contributed by atoms with E-state index in [2.05, 4.69) is 4.99 Å². The summed E-state index contributed by atoms with van der Waals surface area (Å²) in [6.45, 7) is 3.65. The Labute approximate surface area is 205 Å². The maximum absolute atomic E-state index is 13.9. The molecule has 1 amide bonds.